The Morgan fingerprint density at radius 2 is 1.86 bits per heavy atom. The summed E-state index contributed by atoms with van der Waals surface area (Å²) in [5.74, 6) is 0.852. The average molecular weight is 324 g/mol. The molecule has 0 amide bonds. The maximum absolute atomic E-state index is 6.00. The van der Waals surface area contributed by atoms with E-state index in [2.05, 4.69) is 38.2 Å². The molecule has 0 atom stereocenters. The van der Waals surface area contributed by atoms with E-state index in [-0.39, 0.29) is 5.54 Å². The van der Waals surface area contributed by atoms with Crippen LogP contribution in [0.5, 0.6) is 5.75 Å². The molecule has 21 heavy (non-hydrogen) atoms. The molecule has 0 aliphatic heterocycles. The highest BCUT2D eigenvalue weighted by atomic mass is 35.5. The summed E-state index contributed by atoms with van der Waals surface area (Å²) in [6.45, 7) is 10.0. The first kappa shape index (κ1) is 16.3. The van der Waals surface area contributed by atoms with Crippen molar-refractivity contribution in [3.05, 3.63) is 50.7 Å². The van der Waals surface area contributed by atoms with Crippen molar-refractivity contribution in [2.45, 2.75) is 46.4 Å². The number of halogens is 1. The van der Waals surface area contributed by atoms with Gasteiger partial charge in [0.05, 0.1) is 0 Å². The summed E-state index contributed by atoms with van der Waals surface area (Å²) in [4.78, 5) is 2.55. The van der Waals surface area contributed by atoms with Gasteiger partial charge in [-0.25, -0.2) is 0 Å². The topological polar surface area (TPSA) is 21.3 Å². The van der Waals surface area contributed by atoms with Crippen LogP contribution in [0.25, 0.3) is 0 Å². The molecule has 1 N–H and O–H groups in total. The Labute approximate surface area is 136 Å². The second kappa shape index (κ2) is 6.82. The van der Waals surface area contributed by atoms with E-state index < -0.39 is 0 Å². The van der Waals surface area contributed by atoms with E-state index in [0.29, 0.717) is 11.6 Å². The monoisotopic (exact) mass is 323 g/mol. The van der Waals surface area contributed by atoms with Crippen LogP contribution in [0.3, 0.4) is 0 Å². The molecule has 0 aliphatic carbocycles. The summed E-state index contributed by atoms with van der Waals surface area (Å²) in [6, 6.07) is 10.0. The predicted octanol–water partition coefficient (Wildman–Crippen LogP) is 5.18. The minimum atomic E-state index is 0.137. The van der Waals surface area contributed by atoms with Crippen LogP contribution in [0.4, 0.5) is 0 Å². The summed E-state index contributed by atoms with van der Waals surface area (Å²) < 4.78 is 5.87. The van der Waals surface area contributed by atoms with Crippen molar-refractivity contribution in [1.82, 2.24) is 5.32 Å². The quantitative estimate of drug-likeness (QED) is 0.818. The minimum Gasteiger partial charge on any atom is -0.488 e. The number of hydrogen-bond donors (Lipinski definition) is 1. The molecule has 0 unspecified atom stereocenters. The van der Waals surface area contributed by atoms with Crippen molar-refractivity contribution in [2.24, 2.45) is 0 Å². The van der Waals surface area contributed by atoms with Crippen LogP contribution in [-0.4, -0.2) is 5.54 Å². The standard InChI is InChI=1S/C17H22ClNOS/c1-12-5-6-13(18)9-16(12)20-11-15-8-7-14(21-15)10-19-17(2,3)4/h5-9,19H,10-11H2,1-4H3. The molecule has 2 aromatic rings. The molecule has 2 nitrogen and oxygen atoms in total. The van der Waals surface area contributed by atoms with Gasteiger partial charge in [0, 0.05) is 26.9 Å². The molecule has 1 aromatic carbocycles. The molecule has 0 saturated heterocycles. The first-order chi connectivity index (χ1) is 9.83. The van der Waals surface area contributed by atoms with Gasteiger partial charge in [-0.2, -0.15) is 0 Å². The van der Waals surface area contributed by atoms with Crippen molar-refractivity contribution >= 4 is 22.9 Å². The van der Waals surface area contributed by atoms with Gasteiger partial charge < -0.3 is 10.1 Å². The number of nitrogens with one attached hydrogen (secondary N) is 1. The highest BCUT2D eigenvalue weighted by Crippen LogP contribution is 2.25. The zero-order valence-corrected chi connectivity index (χ0v) is 14.6. The van der Waals surface area contributed by atoms with Crippen LogP contribution in [0, 0.1) is 6.92 Å². The van der Waals surface area contributed by atoms with Gasteiger partial charge >= 0.3 is 0 Å². The lowest BCUT2D eigenvalue weighted by Crippen LogP contribution is -2.34. The zero-order chi connectivity index (χ0) is 15.5. The molecule has 1 aromatic heterocycles. The third-order valence-corrected chi connectivity index (χ3v) is 4.32. The number of rotatable bonds is 5. The number of hydrogen-bond acceptors (Lipinski definition) is 3. The van der Waals surface area contributed by atoms with E-state index in [1.165, 1.54) is 9.75 Å². The SMILES string of the molecule is Cc1ccc(Cl)cc1OCc1ccc(CNC(C)(C)C)s1. The molecular formula is C17H22ClNOS. The number of ether oxygens (including phenoxy) is 1. The molecule has 0 aliphatic rings. The maximum Gasteiger partial charge on any atom is 0.124 e. The fourth-order valence-corrected chi connectivity index (χ4v) is 2.86. The van der Waals surface area contributed by atoms with E-state index in [1.807, 2.05) is 25.1 Å². The largest absolute Gasteiger partial charge is 0.488 e. The lowest BCUT2D eigenvalue weighted by molar-refractivity contribution is 0.307. The molecule has 0 saturated carbocycles. The summed E-state index contributed by atoms with van der Waals surface area (Å²) in [7, 11) is 0. The first-order valence-corrected chi connectivity index (χ1v) is 8.24. The van der Waals surface area contributed by atoms with Crippen molar-refractivity contribution in [3.63, 3.8) is 0 Å². The fraction of sp³-hybridized carbons (Fsp3) is 0.412. The molecular weight excluding hydrogens is 302 g/mol. The van der Waals surface area contributed by atoms with E-state index in [0.717, 1.165) is 17.9 Å². The number of aryl methyl sites for hydroxylation is 1. The predicted molar refractivity (Wildman–Crippen MR) is 91.4 cm³/mol. The van der Waals surface area contributed by atoms with Crippen molar-refractivity contribution in [2.75, 3.05) is 0 Å². The highest BCUT2D eigenvalue weighted by molar-refractivity contribution is 7.11. The minimum absolute atomic E-state index is 0.137. The van der Waals surface area contributed by atoms with Gasteiger partial charge in [-0.3, -0.25) is 0 Å². The average Bonchev–Trinajstić information content (AvgIpc) is 2.85. The van der Waals surface area contributed by atoms with Crippen LogP contribution in [0.15, 0.2) is 30.3 Å². The molecule has 1 heterocycles. The molecule has 114 valence electrons. The van der Waals surface area contributed by atoms with Gasteiger partial charge in [0.2, 0.25) is 0 Å². The van der Waals surface area contributed by atoms with Gasteiger partial charge in [-0.15, -0.1) is 11.3 Å². The third kappa shape index (κ3) is 5.34. The Morgan fingerprint density at radius 1 is 1.14 bits per heavy atom. The van der Waals surface area contributed by atoms with E-state index in [9.17, 15) is 0 Å². The summed E-state index contributed by atoms with van der Waals surface area (Å²) >= 11 is 7.78. The van der Waals surface area contributed by atoms with Crippen LogP contribution in [0.2, 0.25) is 5.02 Å². The van der Waals surface area contributed by atoms with E-state index >= 15 is 0 Å². The van der Waals surface area contributed by atoms with Crippen LogP contribution >= 0.6 is 22.9 Å². The Bertz CT molecular complexity index is 601. The molecule has 0 spiro atoms. The van der Waals surface area contributed by atoms with Gasteiger partial charge in [-0.05, 0) is 57.5 Å². The van der Waals surface area contributed by atoms with E-state index in [4.69, 9.17) is 16.3 Å². The zero-order valence-electron chi connectivity index (χ0n) is 13.0. The lowest BCUT2D eigenvalue weighted by Gasteiger charge is -2.19. The second-order valence-corrected chi connectivity index (χ2v) is 7.86. The van der Waals surface area contributed by atoms with Crippen LogP contribution in [0.1, 0.15) is 36.1 Å². The molecule has 4 heteroatoms. The Hall–Kier alpha value is -1.03. The summed E-state index contributed by atoms with van der Waals surface area (Å²) in [5.41, 5.74) is 1.24. The Kier molecular flexibility index (Phi) is 5.31. The summed E-state index contributed by atoms with van der Waals surface area (Å²) in [6.07, 6.45) is 0. The Morgan fingerprint density at radius 3 is 2.57 bits per heavy atom. The molecule has 0 fully saturated rings. The van der Waals surface area contributed by atoms with Gasteiger partial charge in [0.1, 0.15) is 12.4 Å². The van der Waals surface area contributed by atoms with E-state index in [1.54, 1.807) is 11.3 Å². The molecule has 0 radical (unpaired) electrons. The van der Waals surface area contributed by atoms with Gasteiger partial charge in [0.15, 0.2) is 0 Å². The smallest absolute Gasteiger partial charge is 0.124 e. The van der Waals surface area contributed by atoms with Gasteiger partial charge in [-0.1, -0.05) is 17.7 Å². The normalized spacial score (nSPS) is 11.7. The van der Waals surface area contributed by atoms with Crippen molar-refractivity contribution < 1.29 is 4.74 Å². The highest BCUT2D eigenvalue weighted by Gasteiger charge is 2.10. The summed E-state index contributed by atoms with van der Waals surface area (Å²) in [5, 5.41) is 4.20. The van der Waals surface area contributed by atoms with Crippen LogP contribution in [-0.2, 0) is 13.2 Å². The number of benzene rings is 1. The third-order valence-electron chi connectivity index (χ3n) is 3.03. The molecule has 0 bridgehead atoms. The van der Waals surface area contributed by atoms with Crippen molar-refractivity contribution in [3.8, 4) is 5.75 Å². The van der Waals surface area contributed by atoms with Crippen molar-refractivity contribution in [1.29, 1.82) is 0 Å². The fourth-order valence-electron chi connectivity index (χ4n) is 1.83. The van der Waals surface area contributed by atoms with Gasteiger partial charge in [0.25, 0.3) is 0 Å². The second-order valence-electron chi connectivity index (χ2n) is 6.17. The number of thiophene rings is 1. The Balaban J connectivity index is 1.92. The lowest BCUT2D eigenvalue weighted by atomic mass is 10.1. The first-order valence-electron chi connectivity index (χ1n) is 7.05. The molecule has 2 rings (SSSR count). The maximum atomic E-state index is 6.00. The van der Waals surface area contributed by atoms with Crippen LogP contribution < -0.4 is 10.1 Å².